The highest BCUT2D eigenvalue weighted by molar-refractivity contribution is 7.16. The molecule has 0 radical (unpaired) electrons. The minimum atomic E-state index is -0.108. The molecule has 0 amide bonds. The summed E-state index contributed by atoms with van der Waals surface area (Å²) in [4.78, 5) is 25.8. The molecule has 2 N–H and O–H groups in total. The molecule has 0 saturated carbocycles. The van der Waals surface area contributed by atoms with Gasteiger partial charge in [0.2, 0.25) is 0 Å². The maximum absolute atomic E-state index is 12.0. The van der Waals surface area contributed by atoms with Crippen LogP contribution in [0.4, 0.5) is 5.82 Å². The summed E-state index contributed by atoms with van der Waals surface area (Å²) in [5.41, 5.74) is 6.51. The fourth-order valence-electron chi connectivity index (χ4n) is 2.09. The van der Waals surface area contributed by atoms with Gasteiger partial charge < -0.3 is 5.73 Å². The second kappa shape index (κ2) is 4.68. The van der Waals surface area contributed by atoms with E-state index in [9.17, 15) is 4.79 Å². The van der Waals surface area contributed by atoms with Crippen molar-refractivity contribution in [2.75, 3.05) is 5.73 Å². The minimum absolute atomic E-state index is 0.108. The molecule has 3 aromatic heterocycles. The Bertz CT molecular complexity index is 852. The Morgan fingerprint density at radius 3 is 2.85 bits per heavy atom. The van der Waals surface area contributed by atoms with Crippen LogP contribution >= 0.6 is 11.3 Å². The molecule has 0 fully saturated rings. The van der Waals surface area contributed by atoms with Crippen LogP contribution < -0.4 is 11.3 Å². The fourth-order valence-corrected chi connectivity index (χ4v) is 2.88. The van der Waals surface area contributed by atoms with E-state index in [1.807, 2.05) is 11.4 Å². The van der Waals surface area contributed by atoms with Crippen molar-refractivity contribution < 1.29 is 0 Å². The van der Waals surface area contributed by atoms with Crippen LogP contribution in [0.1, 0.15) is 17.3 Å². The Hall–Kier alpha value is -2.28. The van der Waals surface area contributed by atoms with Gasteiger partial charge in [-0.2, -0.15) is 0 Å². The molecule has 0 unspecified atom stereocenters. The lowest BCUT2D eigenvalue weighted by Crippen LogP contribution is -2.25. The summed E-state index contributed by atoms with van der Waals surface area (Å²) in [5, 5.41) is 2.77. The lowest BCUT2D eigenvalue weighted by molar-refractivity contribution is 0.668. The van der Waals surface area contributed by atoms with Crippen molar-refractivity contribution in [3.8, 4) is 0 Å². The Balaban J connectivity index is 2.07. The molecule has 0 aliphatic heterocycles. The second-order valence-electron chi connectivity index (χ2n) is 4.53. The molecule has 3 aromatic rings. The number of hydrogen-bond acceptors (Lipinski definition) is 6. The number of anilines is 1. The van der Waals surface area contributed by atoms with E-state index >= 15 is 0 Å². The molecule has 0 aromatic carbocycles. The highest BCUT2D eigenvalue weighted by atomic mass is 32.1. The van der Waals surface area contributed by atoms with Gasteiger partial charge in [-0.15, -0.1) is 11.3 Å². The van der Waals surface area contributed by atoms with E-state index in [1.54, 1.807) is 18.4 Å². The number of rotatable bonds is 2. The standard InChI is InChI=1S/C13H13N5OS/c1-7-5-11(19)18(8(2)15-7)6-10-16-12(14)9-3-4-20-13(9)17-10/h3-5H,6H2,1-2H3,(H2,14,16,17). The molecule has 102 valence electrons. The molecule has 6 nitrogen and oxygen atoms in total. The molecule has 7 heteroatoms. The Labute approximate surface area is 118 Å². The van der Waals surface area contributed by atoms with Gasteiger partial charge in [-0.3, -0.25) is 9.36 Å². The maximum Gasteiger partial charge on any atom is 0.254 e. The average Bonchev–Trinajstić information content (AvgIpc) is 2.82. The van der Waals surface area contributed by atoms with Crippen LogP contribution in [0, 0.1) is 13.8 Å². The predicted octanol–water partition coefficient (Wildman–Crippen LogP) is 1.50. The van der Waals surface area contributed by atoms with Crippen LogP contribution in [0.2, 0.25) is 0 Å². The van der Waals surface area contributed by atoms with Crippen molar-refractivity contribution in [1.82, 2.24) is 19.5 Å². The highest BCUT2D eigenvalue weighted by Crippen LogP contribution is 2.22. The van der Waals surface area contributed by atoms with E-state index in [0.717, 1.165) is 10.2 Å². The number of nitrogens with zero attached hydrogens (tertiary/aromatic N) is 4. The molecule has 0 atom stereocenters. The SMILES string of the molecule is Cc1cc(=O)n(Cc2nc(N)c3ccsc3n2)c(C)n1. The van der Waals surface area contributed by atoms with Gasteiger partial charge in [0.1, 0.15) is 16.5 Å². The average molecular weight is 287 g/mol. The number of hydrogen-bond donors (Lipinski definition) is 1. The molecule has 20 heavy (non-hydrogen) atoms. The van der Waals surface area contributed by atoms with E-state index in [1.165, 1.54) is 17.4 Å². The number of thiophene rings is 1. The van der Waals surface area contributed by atoms with Gasteiger partial charge in [0, 0.05) is 11.8 Å². The Morgan fingerprint density at radius 2 is 2.10 bits per heavy atom. The zero-order valence-electron chi connectivity index (χ0n) is 11.1. The van der Waals surface area contributed by atoms with Crippen molar-refractivity contribution in [2.24, 2.45) is 0 Å². The first-order valence-electron chi connectivity index (χ1n) is 6.09. The third-order valence-electron chi connectivity index (χ3n) is 3.03. The van der Waals surface area contributed by atoms with Gasteiger partial charge in [-0.05, 0) is 25.3 Å². The van der Waals surface area contributed by atoms with E-state index in [4.69, 9.17) is 5.73 Å². The van der Waals surface area contributed by atoms with E-state index in [2.05, 4.69) is 15.0 Å². The molecule has 0 saturated heterocycles. The van der Waals surface area contributed by atoms with Crippen LogP contribution in [-0.2, 0) is 6.54 Å². The van der Waals surface area contributed by atoms with Crippen LogP contribution in [-0.4, -0.2) is 19.5 Å². The summed E-state index contributed by atoms with van der Waals surface area (Å²) in [6, 6.07) is 3.39. The Morgan fingerprint density at radius 1 is 1.30 bits per heavy atom. The minimum Gasteiger partial charge on any atom is -0.383 e. The first-order valence-corrected chi connectivity index (χ1v) is 6.97. The smallest absolute Gasteiger partial charge is 0.254 e. The molecule has 0 bridgehead atoms. The third kappa shape index (κ3) is 2.16. The van der Waals surface area contributed by atoms with E-state index < -0.39 is 0 Å². The zero-order chi connectivity index (χ0) is 14.3. The molecular formula is C13H13N5OS. The second-order valence-corrected chi connectivity index (χ2v) is 5.43. The van der Waals surface area contributed by atoms with Gasteiger partial charge in [0.05, 0.1) is 11.9 Å². The van der Waals surface area contributed by atoms with Crippen LogP contribution in [0.3, 0.4) is 0 Å². The number of fused-ring (bicyclic) bond motifs is 1. The fraction of sp³-hybridized carbons (Fsp3) is 0.231. The lowest BCUT2D eigenvalue weighted by atomic mass is 10.3. The van der Waals surface area contributed by atoms with Crippen molar-refractivity contribution in [2.45, 2.75) is 20.4 Å². The molecule has 0 aliphatic carbocycles. The van der Waals surface area contributed by atoms with Gasteiger partial charge in [0.25, 0.3) is 5.56 Å². The first-order chi connectivity index (χ1) is 9.54. The van der Waals surface area contributed by atoms with Crippen LogP contribution in [0.25, 0.3) is 10.2 Å². The molecule has 0 aliphatic rings. The van der Waals surface area contributed by atoms with Crippen LogP contribution in [0.5, 0.6) is 0 Å². The predicted molar refractivity (Wildman–Crippen MR) is 78.9 cm³/mol. The van der Waals surface area contributed by atoms with Crippen molar-refractivity contribution in [3.05, 3.63) is 45.2 Å². The van der Waals surface area contributed by atoms with Crippen LogP contribution in [0.15, 0.2) is 22.3 Å². The van der Waals surface area contributed by atoms with Gasteiger partial charge in [-0.25, -0.2) is 15.0 Å². The van der Waals surface area contributed by atoms with Gasteiger partial charge in [-0.1, -0.05) is 0 Å². The number of nitrogen functional groups attached to an aromatic ring is 1. The molecule has 3 rings (SSSR count). The maximum atomic E-state index is 12.0. The van der Waals surface area contributed by atoms with Gasteiger partial charge in [0.15, 0.2) is 5.82 Å². The Kier molecular flexibility index (Phi) is 2.98. The van der Waals surface area contributed by atoms with Crippen molar-refractivity contribution >= 4 is 27.4 Å². The summed E-state index contributed by atoms with van der Waals surface area (Å²) < 4.78 is 1.54. The largest absolute Gasteiger partial charge is 0.383 e. The number of aromatic nitrogens is 4. The quantitative estimate of drug-likeness (QED) is 0.771. The molecule has 3 heterocycles. The lowest BCUT2D eigenvalue weighted by Gasteiger charge is -2.09. The monoisotopic (exact) mass is 287 g/mol. The number of aryl methyl sites for hydroxylation is 2. The zero-order valence-corrected chi connectivity index (χ0v) is 11.9. The van der Waals surface area contributed by atoms with Crippen molar-refractivity contribution in [1.29, 1.82) is 0 Å². The molecule has 0 spiro atoms. The summed E-state index contributed by atoms with van der Waals surface area (Å²) in [6.07, 6.45) is 0. The topological polar surface area (TPSA) is 86.7 Å². The normalized spacial score (nSPS) is 11.1. The van der Waals surface area contributed by atoms with E-state index in [0.29, 0.717) is 23.2 Å². The summed E-state index contributed by atoms with van der Waals surface area (Å²) in [6.45, 7) is 3.86. The van der Waals surface area contributed by atoms with Crippen molar-refractivity contribution in [3.63, 3.8) is 0 Å². The summed E-state index contributed by atoms with van der Waals surface area (Å²) >= 11 is 1.50. The van der Waals surface area contributed by atoms with E-state index in [-0.39, 0.29) is 12.1 Å². The highest BCUT2D eigenvalue weighted by Gasteiger charge is 2.09. The number of nitrogens with two attached hydrogens (primary N) is 1. The summed E-state index contributed by atoms with van der Waals surface area (Å²) in [5.74, 6) is 1.61. The third-order valence-corrected chi connectivity index (χ3v) is 3.83. The molecular weight excluding hydrogens is 274 g/mol. The van der Waals surface area contributed by atoms with Gasteiger partial charge >= 0.3 is 0 Å². The first kappa shape index (κ1) is 12.7. The summed E-state index contributed by atoms with van der Waals surface area (Å²) in [7, 11) is 0.